The van der Waals surface area contributed by atoms with Gasteiger partial charge in [-0.1, -0.05) is 25.3 Å². The second-order valence-electron chi connectivity index (χ2n) is 6.91. The van der Waals surface area contributed by atoms with Gasteiger partial charge in [0.05, 0.1) is 6.10 Å². The molecule has 2 fully saturated rings. The van der Waals surface area contributed by atoms with Crippen molar-refractivity contribution in [3.05, 3.63) is 30.1 Å². The van der Waals surface area contributed by atoms with Gasteiger partial charge in [-0.3, -0.25) is 9.78 Å². The van der Waals surface area contributed by atoms with Crippen LogP contribution in [-0.4, -0.2) is 29.6 Å². The summed E-state index contributed by atoms with van der Waals surface area (Å²) in [6, 6.07) is 6.15. The van der Waals surface area contributed by atoms with E-state index in [9.17, 15) is 4.79 Å². The molecule has 2 saturated carbocycles. The van der Waals surface area contributed by atoms with Crippen molar-refractivity contribution in [3.8, 4) is 0 Å². The number of aryl methyl sites for hydroxylation is 1. The molecule has 0 unspecified atom stereocenters. The summed E-state index contributed by atoms with van der Waals surface area (Å²) in [7, 11) is 0. The highest BCUT2D eigenvalue weighted by molar-refractivity contribution is 5.76. The first-order valence-electron chi connectivity index (χ1n) is 9.05. The van der Waals surface area contributed by atoms with E-state index >= 15 is 0 Å². The number of hydrogen-bond acceptors (Lipinski definition) is 3. The van der Waals surface area contributed by atoms with Crippen molar-refractivity contribution in [2.75, 3.05) is 6.61 Å². The molecule has 2 aliphatic rings. The largest absolute Gasteiger partial charge is 0.378 e. The van der Waals surface area contributed by atoms with Gasteiger partial charge in [0.2, 0.25) is 5.91 Å². The van der Waals surface area contributed by atoms with E-state index < -0.39 is 0 Å². The first-order chi connectivity index (χ1) is 11.2. The maximum absolute atomic E-state index is 12.3. The molecule has 1 heterocycles. The van der Waals surface area contributed by atoms with Gasteiger partial charge in [-0.05, 0) is 44.7 Å². The lowest BCUT2D eigenvalue weighted by Crippen LogP contribution is -2.65. The average Bonchev–Trinajstić information content (AvgIpc) is 2.61. The zero-order chi connectivity index (χ0) is 16.1. The van der Waals surface area contributed by atoms with Crippen molar-refractivity contribution in [2.24, 2.45) is 5.41 Å². The van der Waals surface area contributed by atoms with Gasteiger partial charge in [-0.25, -0.2) is 0 Å². The average molecular weight is 316 g/mol. The fourth-order valence-electron chi connectivity index (χ4n) is 4.32. The number of nitrogens with one attached hydrogen (secondary N) is 1. The van der Waals surface area contributed by atoms with E-state index in [1.54, 1.807) is 6.20 Å². The number of nitrogens with zero attached hydrogens (tertiary/aromatic N) is 1. The molecule has 2 atom stereocenters. The predicted octanol–water partition coefficient (Wildman–Crippen LogP) is 3.26. The zero-order valence-corrected chi connectivity index (χ0v) is 14.1. The molecule has 1 amide bonds. The molecule has 3 rings (SSSR count). The van der Waals surface area contributed by atoms with E-state index in [0.717, 1.165) is 18.7 Å². The number of aromatic nitrogens is 1. The Balaban J connectivity index is 1.53. The number of rotatable bonds is 6. The molecular formula is C19H28N2O2. The number of hydrogen-bond donors (Lipinski definition) is 1. The first kappa shape index (κ1) is 16.4. The van der Waals surface area contributed by atoms with Crippen LogP contribution in [0.25, 0.3) is 0 Å². The van der Waals surface area contributed by atoms with Crippen LogP contribution in [0.2, 0.25) is 0 Å². The van der Waals surface area contributed by atoms with E-state index in [1.807, 2.05) is 18.2 Å². The van der Waals surface area contributed by atoms with Gasteiger partial charge in [0, 0.05) is 36.4 Å². The molecule has 126 valence electrons. The third kappa shape index (κ3) is 3.57. The standard InChI is InChI=1S/C19H28N2O2/c1-2-23-17-14-16(19(17)11-5-3-6-12-19)21-18(22)10-9-15-8-4-7-13-20-15/h4,7-8,13,16-17H,2-3,5-6,9-12,14H2,1H3,(H,21,22)/t16-,17+/m1/s1. The molecular weight excluding hydrogens is 288 g/mol. The van der Waals surface area contributed by atoms with Crippen molar-refractivity contribution < 1.29 is 9.53 Å². The van der Waals surface area contributed by atoms with Gasteiger partial charge in [0.1, 0.15) is 0 Å². The Bertz CT molecular complexity index is 511. The zero-order valence-electron chi connectivity index (χ0n) is 14.1. The maximum atomic E-state index is 12.3. The van der Waals surface area contributed by atoms with E-state index in [1.165, 1.54) is 32.1 Å². The molecule has 0 aliphatic heterocycles. The van der Waals surface area contributed by atoms with E-state index in [-0.39, 0.29) is 11.3 Å². The minimum atomic E-state index is 0.153. The van der Waals surface area contributed by atoms with Gasteiger partial charge in [0.25, 0.3) is 0 Å². The summed E-state index contributed by atoms with van der Waals surface area (Å²) in [4.78, 5) is 16.6. The molecule has 23 heavy (non-hydrogen) atoms. The molecule has 1 aromatic heterocycles. The van der Waals surface area contributed by atoms with Crippen LogP contribution in [0, 0.1) is 5.41 Å². The van der Waals surface area contributed by atoms with Crippen LogP contribution in [-0.2, 0) is 16.0 Å². The van der Waals surface area contributed by atoms with Gasteiger partial charge in [-0.15, -0.1) is 0 Å². The number of pyridine rings is 1. The minimum absolute atomic E-state index is 0.153. The predicted molar refractivity (Wildman–Crippen MR) is 90.0 cm³/mol. The molecule has 0 radical (unpaired) electrons. The summed E-state index contributed by atoms with van der Waals surface area (Å²) in [6.07, 6.45) is 10.6. The van der Waals surface area contributed by atoms with Crippen LogP contribution in [0.5, 0.6) is 0 Å². The Morgan fingerprint density at radius 1 is 1.35 bits per heavy atom. The summed E-state index contributed by atoms with van der Waals surface area (Å²) in [5.41, 5.74) is 1.19. The summed E-state index contributed by atoms with van der Waals surface area (Å²) >= 11 is 0. The molecule has 1 spiro atoms. The molecule has 2 aliphatic carbocycles. The van der Waals surface area contributed by atoms with Crippen molar-refractivity contribution in [1.82, 2.24) is 10.3 Å². The van der Waals surface area contributed by atoms with Crippen molar-refractivity contribution in [3.63, 3.8) is 0 Å². The summed E-state index contributed by atoms with van der Waals surface area (Å²) in [5.74, 6) is 0.153. The first-order valence-corrected chi connectivity index (χ1v) is 9.05. The van der Waals surface area contributed by atoms with Crippen LogP contribution in [0.4, 0.5) is 0 Å². The van der Waals surface area contributed by atoms with E-state index in [0.29, 0.717) is 25.0 Å². The quantitative estimate of drug-likeness (QED) is 0.876. The lowest BCUT2D eigenvalue weighted by Gasteiger charge is -2.57. The summed E-state index contributed by atoms with van der Waals surface area (Å²) < 4.78 is 5.95. The molecule has 0 aromatic carbocycles. The van der Waals surface area contributed by atoms with Gasteiger partial charge < -0.3 is 10.1 Å². The van der Waals surface area contributed by atoms with E-state index in [4.69, 9.17) is 4.74 Å². The summed E-state index contributed by atoms with van der Waals surface area (Å²) in [5, 5.41) is 3.29. The van der Waals surface area contributed by atoms with Crippen LogP contribution in [0.3, 0.4) is 0 Å². The smallest absolute Gasteiger partial charge is 0.220 e. The van der Waals surface area contributed by atoms with Crippen molar-refractivity contribution in [2.45, 2.75) is 70.4 Å². The normalized spacial score (nSPS) is 25.8. The molecule has 0 saturated heterocycles. The van der Waals surface area contributed by atoms with Crippen LogP contribution < -0.4 is 5.32 Å². The summed E-state index contributed by atoms with van der Waals surface area (Å²) in [6.45, 7) is 2.84. The molecule has 1 aromatic rings. The lowest BCUT2D eigenvalue weighted by atomic mass is 9.55. The number of carbonyl (C=O) groups excluding carboxylic acids is 1. The minimum Gasteiger partial charge on any atom is -0.378 e. The van der Waals surface area contributed by atoms with Crippen molar-refractivity contribution >= 4 is 5.91 Å². The fourth-order valence-corrected chi connectivity index (χ4v) is 4.32. The van der Waals surface area contributed by atoms with E-state index in [2.05, 4.69) is 17.2 Å². The van der Waals surface area contributed by atoms with Gasteiger partial charge in [0.15, 0.2) is 0 Å². The topological polar surface area (TPSA) is 51.2 Å². The molecule has 4 nitrogen and oxygen atoms in total. The Kier molecular flexibility index (Phi) is 5.31. The SMILES string of the molecule is CCO[C@H]1C[C@@H](NC(=O)CCc2ccccn2)C12CCCCC2. The maximum Gasteiger partial charge on any atom is 0.220 e. The van der Waals surface area contributed by atoms with Crippen LogP contribution in [0.15, 0.2) is 24.4 Å². The number of ether oxygens (including phenoxy) is 1. The fraction of sp³-hybridized carbons (Fsp3) is 0.684. The number of amides is 1. The second kappa shape index (κ2) is 7.43. The molecule has 4 heteroatoms. The molecule has 1 N–H and O–H groups in total. The highest BCUT2D eigenvalue weighted by atomic mass is 16.5. The monoisotopic (exact) mass is 316 g/mol. The highest BCUT2D eigenvalue weighted by Gasteiger charge is 2.55. The Morgan fingerprint density at radius 3 is 2.87 bits per heavy atom. The lowest BCUT2D eigenvalue weighted by molar-refractivity contribution is -0.157. The van der Waals surface area contributed by atoms with Crippen LogP contribution in [0.1, 0.15) is 57.6 Å². The highest BCUT2D eigenvalue weighted by Crippen LogP contribution is 2.53. The van der Waals surface area contributed by atoms with Gasteiger partial charge in [-0.2, -0.15) is 0 Å². The second-order valence-corrected chi connectivity index (χ2v) is 6.91. The Hall–Kier alpha value is -1.42. The Morgan fingerprint density at radius 2 is 2.17 bits per heavy atom. The van der Waals surface area contributed by atoms with Gasteiger partial charge >= 0.3 is 0 Å². The third-order valence-electron chi connectivity index (χ3n) is 5.61. The Labute approximate surface area is 139 Å². The van der Waals surface area contributed by atoms with Crippen molar-refractivity contribution in [1.29, 1.82) is 0 Å². The number of carbonyl (C=O) groups is 1. The third-order valence-corrected chi connectivity index (χ3v) is 5.61. The molecule has 0 bridgehead atoms. The van der Waals surface area contributed by atoms with Crippen LogP contribution >= 0.6 is 0 Å².